The van der Waals surface area contributed by atoms with Gasteiger partial charge in [0.25, 0.3) is 5.91 Å². The van der Waals surface area contributed by atoms with Crippen LogP contribution < -0.4 is 4.74 Å². The number of thiocarbonyl (C=S) groups is 1. The molecular weight excluding hydrogens is 485 g/mol. The van der Waals surface area contributed by atoms with E-state index >= 15 is 0 Å². The van der Waals surface area contributed by atoms with E-state index in [0.717, 1.165) is 4.47 Å². The maximum absolute atomic E-state index is 14.0. The molecule has 2 aromatic carbocycles. The fraction of sp³-hybridized carbons (Fsp3) is 0.100. The molecule has 0 bridgehead atoms. The second-order valence-corrected chi connectivity index (χ2v) is 8.75. The summed E-state index contributed by atoms with van der Waals surface area (Å²) in [5.74, 6) is -0.119. The fourth-order valence-corrected chi connectivity index (χ4v) is 4.37. The molecule has 0 unspecified atom stereocenters. The molecule has 144 valence electrons. The summed E-state index contributed by atoms with van der Waals surface area (Å²) in [5, 5.41) is 0.295. The van der Waals surface area contributed by atoms with Gasteiger partial charge in [-0.05, 0) is 36.4 Å². The van der Waals surface area contributed by atoms with Gasteiger partial charge in [-0.1, -0.05) is 63.7 Å². The largest absolute Gasteiger partial charge is 0.488 e. The fourth-order valence-electron chi connectivity index (χ4n) is 2.51. The Morgan fingerprint density at radius 2 is 2.14 bits per heavy atom. The molecule has 8 heteroatoms. The number of carbonyl (C=O) groups is 1. The number of thioether (sulfide) groups is 1. The third-order valence-electron chi connectivity index (χ3n) is 3.88. The number of carbonyl (C=O) groups excluding carboxylic acids is 1. The highest BCUT2D eigenvalue weighted by molar-refractivity contribution is 9.10. The summed E-state index contributed by atoms with van der Waals surface area (Å²) in [4.78, 5) is 14.5. The SMILES string of the molecule is C=CCN1C(=O)/C(=C\c2cc(Br)ccc2OCc2c(F)cccc2Cl)SC1=S. The smallest absolute Gasteiger partial charge is 0.266 e. The van der Waals surface area contributed by atoms with Gasteiger partial charge in [0.2, 0.25) is 0 Å². The topological polar surface area (TPSA) is 29.5 Å². The van der Waals surface area contributed by atoms with Gasteiger partial charge in [0.05, 0.1) is 9.93 Å². The Morgan fingerprint density at radius 1 is 1.36 bits per heavy atom. The second kappa shape index (κ2) is 9.22. The highest BCUT2D eigenvalue weighted by Gasteiger charge is 2.31. The Morgan fingerprint density at radius 3 is 2.86 bits per heavy atom. The molecule has 1 amide bonds. The Kier molecular flexibility index (Phi) is 6.93. The predicted octanol–water partition coefficient (Wildman–Crippen LogP) is 6.21. The van der Waals surface area contributed by atoms with E-state index in [1.54, 1.807) is 30.4 Å². The van der Waals surface area contributed by atoms with E-state index in [2.05, 4.69) is 22.5 Å². The molecule has 1 heterocycles. The Hall–Kier alpha value is -1.67. The number of rotatable bonds is 6. The van der Waals surface area contributed by atoms with Gasteiger partial charge in [0, 0.05) is 22.1 Å². The van der Waals surface area contributed by atoms with E-state index < -0.39 is 5.82 Å². The average molecular weight is 499 g/mol. The van der Waals surface area contributed by atoms with Gasteiger partial charge >= 0.3 is 0 Å². The first-order chi connectivity index (χ1) is 13.4. The highest BCUT2D eigenvalue weighted by Crippen LogP contribution is 2.35. The Bertz CT molecular complexity index is 976. The number of nitrogens with zero attached hydrogens (tertiary/aromatic N) is 1. The normalized spacial score (nSPS) is 15.4. The van der Waals surface area contributed by atoms with E-state index in [1.165, 1.54) is 28.8 Å². The first-order valence-electron chi connectivity index (χ1n) is 8.12. The third kappa shape index (κ3) is 4.66. The highest BCUT2D eigenvalue weighted by atomic mass is 79.9. The molecule has 3 rings (SSSR count). The summed E-state index contributed by atoms with van der Waals surface area (Å²) in [7, 11) is 0. The summed E-state index contributed by atoms with van der Waals surface area (Å²) < 4.78 is 21.1. The lowest BCUT2D eigenvalue weighted by Crippen LogP contribution is -2.27. The van der Waals surface area contributed by atoms with Crippen LogP contribution in [0.1, 0.15) is 11.1 Å². The average Bonchev–Trinajstić information content (AvgIpc) is 2.90. The minimum Gasteiger partial charge on any atom is -0.488 e. The monoisotopic (exact) mass is 497 g/mol. The molecule has 2 aromatic rings. The van der Waals surface area contributed by atoms with Crippen molar-refractivity contribution in [3.8, 4) is 5.75 Å². The van der Waals surface area contributed by atoms with Crippen LogP contribution in [0.15, 0.2) is 58.4 Å². The molecule has 28 heavy (non-hydrogen) atoms. The minimum absolute atomic E-state index is 0.0363. The summed E-state index contributed by atoms with van der Waals surface area (Å²) >= 11 is 16.0. The Labute approximate surface area is 185 Å². The van der Waals surface area contributed by atoms with Crippen molar-refractivity contribution >= 4 is 67.8 Å². The lowest BCUT2D eigenvalue weighted by Gasteiger charge is -2.12. The summed E-state index contributed by atoms with van der Waals surface area (Å²) in [5.41, 5.74) is 0.941. The first kappa shape index (κ1) is 21.0. The zero-order chi connectivity index (χ0) is 20.3. The lowest BCUT2D eigenvalue weighted by molar-refractivity contribution is -0.121. The van der Waals surface area contributed by atoms with Crippen LogP contribution in [0.5, 0.6) is 5.75 Å². The lowest BCUT2D eigenvalue weighted by atomic mass is 10.1. The van der Waals surface area contributed by atoms with Crippen LogP contribution in [0, 0.1) is 5.82 Å². The van der Waals surface area contributed by atoms with Crippen LogP contribution in [0.25, 0.3) is 6.08 Å². The predicted molar refractivity (Wildman–Crippen MR) is 120 cm³/mol. The van der Waals surface area contributed by atoms with Gasteiger partial charge in [0.1, 0.15) is 22.5 Å². The summed E-state index contributed by atoms with van der Waals surface area (Å²) in [6.45, 7) is 3.97. The van der Waals surface area contributed by atoms with Crippen LogP contribution >= 0.6 is 51.5 Å². The first-order valence-corrected chi connectivity index (χ1v) is 10.5. The van der Waals surface area contributed by atoms with Crippen LogP contribution in [-0.4, -0.2) is 21.7 Å². The van der Waals surface area contributed by atoms with Crippen molar-refractivity contribution in [1.29, 1.82) is 0 Å². The van der Waals surface area contributed by atoms with Crippen LogP contribution in [0.3, 0.4) is 0 Å². The quantitative estimate of drug-likeness (QED) is 0.269. The van der Waals surface area contributed by atoms with Gasteiger partial charge in [-0.15, -0.1) is 6.58 Å². The maximum Gasteiger partial charge on any atom is 0.266 e. The van der Waals surface area contributed by atoms with Gasteiger partial charge < -0.3 is 4.74 Å². The van der Waals surface area contributed by atoms with E-state index in [4.69, 9.17) is 28.6 Å². The molecule has 0 aromatic heterocycles. The third-order valence-corrected chi connectivity index (χ3v) is 6.10. The molecule has 0 atom stereocenters. The molecule has 1 saturated heterocycles. The van der Waals surface area contributed by atoms with E-state index in [0.29, 0.717) is 32.1 Å². The number of ether oxygens (including phenoxy) is 1. The zero-order valence-corrected chi connectivity index (χ0v) is 18.4. The number of hydrogen-bond acceptors (Lipinski definition) is 4. The zero-order valence-electron chi connectivity index (χ0n) is 14.5. The molecule has 1 aliphatic rings. The summed E-state index contributed by atoms with van der Waals surface area (Å²) in [6.07, 6.45) is 3.34. The number of halogens is 3. The van der Waals surface area contributed by atoms with Gasteiger partial charge in [-0.2, -0.15) is 0 Å². The molecule has 0 saturated carbocycles. The van der Waals surface area contributed by atoms with Crippen molar-refractivity contribution < 1.29 is 13.9 Å². The van der Waals surface area contributed by atoms with E-state index in [1.807, 2.05) is 6.07 Å². The van der Waals surface area contributed by atoms with Crippen LogP contribution in [0.4, 0.5) is 4.39 Å². The molecule has 3 nitrogen and oxygen atoms in total. The van der Waals surface area contributed by atoms with Gasteiger partial charge in [0.15, 0.2) is 0 Å². The van der Waals surface area contributed by atoms with Crippen LogP contribution in [0.2, 0.25) is 5.02 Å². The molecule has 0 N–H and O–H groups in total. The molecule has 0 spiro atoms. The van der Waals surface area contributed by atoms with Crippen molar-refractivity contribution in [3.05, 3.63) is 80.4 Å². The standard InChI is InChI=1S/C20H14BrClFNO2S2/c1-2-8-24-19(25)18(28-20(24)27)10-12-9-13(21)6-7-17(12)26-11-14-15(22)4-3-5-16(14)23/h2-7,9-10H,1,8,11H2/b18-10+. The van der Waals surface area contributed by atoms with Crippen molar-refractivity contribution in [2.45, 2.75) is 6.61 Å². The van der Waals surface area contributed by atoms with Crippen molar-refractivity contribution in [3.63, 3.8) is 0 Å². The maximum atomic E-state index is 14.0. The molecular formula is C20H14BrClFNO2S2. The molecule has 1 aliphatic heterocycles. The number of amides is 1. The van der Waals surface area contributed by atoms with Crippen LogP contribution in [-0.2, 0) is 11.4 Å². The van der Waals surface area contributed by atoms with Crippen molar-refractivity contribution in [2.24, 2.45) is 0 Å². The van der Waals surface area contributed by atoms with Crippen molar-refractivity contribution in [2.75, 3.05) is 6.54 Å². The number of benzene rings is 2. The van der Waals surface area contributed by atoms with Gasteiger partial charge in [-0.3, -0.25) is 9.69 Å². The molecule has 0 aliphatic carbocycles. The minimum atomic E-state index is -0.434. The van der Waals surface area contributed by atoms with E-state index in [-0.39, 0.29) is 18.1 Å². The van der Waals surface area contributed by atoms with Gasteiger partial charge in [-0.25, -0.2) is 4.39 Å². The second-order valence-electron chi connectivity index (χ2n) is 5.75. The molecule has 0 radical (unpaired) electrons. The van der Waals surface area contributed by atoms with Crippen molar-refractivity contribution in [1.82, 2.24) is 4.90 Å². The Balaban J connectivity index is 1.88. The summed E-state index contributed by atoms with van der Waals surface area (Å²) in [6, 6.07) is 9.85. The molecule has 1 fully saturated rings. The number of hydrogen-bond donors (Lipinski definition) is 0. The van der Waals surface area contributed by atoms with E-state index in [9.17, 15) is 9.18 Å².